The van der Waals surface area contributed by atoms with E-state index in [-0.39, 0.29) is 5.91 Å². The Kier molecular flexibility index (Phi) is 6.01. The number of carbonyl (C=O) groups excluding carboxylic acids is 1. The molecule has 0 heterocycles. The lowest BCUT2D eigenvalue weighted by Crippen LogP contribution is -2.23. The molecule has 0 aliphatic heterocycles. The van der Waals surface area contributed by atoms with E-state index in [0.29, 0.717) is 30.4 Å². The molecule has 0 bridgehead atoms. The monoisotopic (exact) mass is 361 g/mol. The number of benzene rings is 2. The summed E-state index contributed by atoms with van der Waals surface area (Å²) >= 11 is 3.41. The van der Waals surface area contributed by atoms with Gasteiger partial charge in [-0.3, -0.25) is 4.79 Å². The van der Waals surface area contributed by atoms with Crippen molar-refractivity contribution in [3.63, 3.8) is 0 Å². The van der Waals surface area contributed by atoms with Crippen molar-refractivity contribution in [1.29, 1.82) is 0 Å². The lowest BCUT2D eigenvalue weighted by molar-refractivity contribution is 0.0946. The van der Waals surface area contributed by atoms with Gasteiger partial charge in [0.05, 0.1) is 12.2 Å². The number of ether oxygens (including phenoxy) is 1. The zero-order chi connectivity index (χ0) is 15.9. The standard InChI is InChI=1S/C18H20BrNO2/c1-13(2)12-22-17-9-8-15(19)10-16(17)18(21)20-11-14-6-4-3-5-7-14/h3-10,13H,11-12H2,1-2H3,(H,20,21). The summed E-state index contributed by atoms with van der Waals surface area (Å²) in [7, 11) is 0. The molecule has 3 nitrogen and oxygen atoms in total. The van der Waals surface area contributed by atoms with Gasteiger partial charge < -0.3 is 10.1 Å². The second-order valence-corrected chi connectivity index (χ2v) is 6.43. The van der Waals surface area contributed by atoms with Crippen LogP contribution in [0.5, 0.6) is 5.75 Å². The average Bonchev–Trinajstić information content (AvgIpc) is 2.52. The van der Waals surface area contributed by atoms with Gasteiger partial charge in [0, 0.05) is 11.0 Å². The molecule has 4 heteroatoms. The Bertz CT molecular complexity index is 626. The molecule has 0 aliphatic carbocycles. The van der Waals surface area contributed by atoms with Gasteiger partial charge in [-0.15, -0.1) is 0 Å². The normalized spacial score (nSPS) is 10.5. The fourth-order valence-electron chi connectivity index (χ4n) is 1.94. The van der Waals surface area contributed by atoms with Gasteiger partial charge in [-0.2, -0.15) is 0 Å². The highest BCUT2D eigenvalue weighted by Gasteiger charge is 2.13. The maximum Gasteiger partial charge on any atom is 0.255 e. The van der Waals surface area contributed by atoms with Crippen molar-refractivity contribution >= 4 is 21.8 Å². The lowest BCUT2D eigenvalue weighted by atomic mass is 10.1. The quantitative estimate of drug-likeness (QED) is 0.827. The first-order valence-electron chi connectivity index (χ1n) is 7.30. The van der Waals surface area contributed by atoms with Crippen LogP contribution in [0.25, 0.3) is 0 Å². The van der Waals surface area contributed by atoms with Crippen LogP contribution in [0.15, 0.2) is 53.0 Å². The summed E-state index contributed by atoms with van der Waals surface area (Å²) in [6.07, 6.45) is 0. The van der Waals surface area contributed by atoms with Gasteiger partial charge in [0.15, 0.2) is 0 Å². The molecule has 0 unspecified atom stereocenters. The van der Waals surface area contributed by atoms with Gasteiger partial charge in [-0.25, -0.2) is 0 Å². The summed E-state index contributed by atoms with van der Waals surface area (Å²) in [4.78, 5) is 12.4. The number of hydrogen-bond donors (Lipinski definition) is 1. The number of rotatable bonds is 6. The fraction of sp³-hybridized carbons (Fsp3) is 0.278. The van der Waals surface area contributed by atoms with Gasteiger partial charge >= 0.3 is 0 Å². The minimum atomic E-state index is -0.135. The maximum absolute atomic E-state index is 12.4. The molecule has 0 fully saturated rings. The van der Waals surface area contributed by atoms with E-state index < -0.39 is 0 Å². The third-order valence-electron chi connectivity index (χ3n) is 3.05. The van der Waals surface area contributed by atoms with E-state index in [9.17, 15) is 4.79 Å². The maximum atomic E-state index is 12.4. The van der Waals surface area contributed by atoms with Crippen molar-refractivity contribution in [1.82, 2.24) is 5.32 Å². The second kappa shape index (κ2) is 7.99. The minimum absolute atomic E-state index is 0.135. The summed E-state index contributed by atoms with van der Waals surface area (Å²) in [6, 6.07) is 15.3. The van der Waals surface area contributed by atoms with Crippen LogP contribution < -0.4 is 10.1 Å². The van der Waals surface area contributed by atoms with Crippen molar-refractivity contribution < 1.29 is 9.53 Å². The molecular weight excluding hydrogens is 342 g/mol. The highest BCUT2D eigenvalue weighted by atomic mass is 79.9. The van der Waals surface area contributed by atoms with E-state index in [1.54, 1.807) is 6.07 Å². The van der Waals surface area contributed by atoms with Crippen LogP contribution in [0.2, 0.25) is 0 Å². The largest absolute Gasteiger partial charge is 0.492 e. The summed E-state index contributed by atoms with van der Waals surface area (Å²) in [5.74, 6) is 0.884. The molecule has 2 aromatic rings. The SMILES string of the molecule is CC(C)COc1ccc(Br)cc1C(=O)NCc1ccccc1. The zero-order valence-electron chi connectivity index (χ0n) is 12.8. The molecule has 0 atom stereocenters. The topological polar surface area (TPSA) is 38.3 Å². The van der Waals surface area contributed by atoms with Crippen molar-refractivity contribution in [2.45, 2.75) is 20.4 Å². The van der Waals surface area contributed by atoms with Gasteiger partial charge in [0.1, 0.15) is 5.75 Å². The molecule has 2 aromatic carbocycles. The summed E-state index contributed by atoms with van der Waals surface area (Å²) < 4.78 is 6.60. The number of nitrogens with one attached hydrogen (secondary N) is 1. The molecule has 22 heavy (non-hydrogen) atoms. The van der Waals surface area contributed by atoms with Crippen LogP contribution in [0, 0.1) is 5.92 Å². The Morgan fingerprint density at radius 3 is 2.59 bits per heavy atom. The Labute approximate surface area is 139 Å². The van der Waals surface area contributed by atoms with Crippen LogP contribution >= 0.6 is 15.9 Å². The van der Waals surface area contributed by atoms with Crippen molar-refractivity contribution in [3.8, 4) is 5.75 Å². The zero-order valence-corrected chi connectivity index (χ0v) is 14.4. The van der Waals surface area contributed by atoms with Crippen molar-refractivity contribution in [3.05, 3.63) is 64.1 Å². The first-order valence-corrected chi connectivity index (χ1v) is 8.10. The predicted octanol–water partition coefficient (Wildman–Crippen LogP) is 4.41. The highest BCUT2D eigenvalue weighted by molar-refractivity contribution is 9.10. The second-order valence-electron chi connectivity index (χ2n) is 5.51. The molecule has 0 aliphatic rings. The van der Waals surface area contributed by atoms with E-state index >= 15 is 0 Å². The first kappa shape index (κ1) is 16.6. The highest BCUT2D eigenvalue weighted by Crippen LogP contribution is 2.24. The third-order valence-corrected chi connectivity index (χ3v) is 3.55. The molecular formula is C18H20BrNO2. The molecule has 0 aromatic heterocycles. The number of carbonyl (C=O) groups is 1. The average molecular weight is 362 g/mol. The van der Waals surface area contributed by atoms with Crippen LogP contribution in [0.3, 0.4) is 0 Å². The lowest BCUT2D eigenvalue weighted by Gasteiger charge is -2.13. The van der Waals surface area contributed by atoms with E-state index in [1.165, 1.54) is 0 Å². The Morgan fingerprint density at radius 2 is 1.91 bits per heavy atom. The third kappa shape index (κ3) is 4.88. The molecule has 0 saturated carbocycles. The van der Waals surface area contributed by atoms with E-state index in [4.69, 9.17) is 4.74 Å². The van der Waals surface area contributed by atoms with Crippen molar-refractivity contribution in [2.75, 3.05) is 6.61 Å². The number of hydrogen-bond acceptors (Lipinski definition) is 2. The van der Waals surface area contributed by atoms with E-state index in [2.05, 4.69) is 35.1 Å². The van der Waals surface area contributed by atoms with Crippen LogP contribution in [-0.4, -0.2) is 12.5 Å². The van der Waals surface area contributed by atoms with Gasteiger partial charge in [-0.1, -0.05) is 60.1 Å². The molecule has 0 radical (unpaired) electrons. The van der Waals surface area contributed by atoms with E-state index in [1.807, 2.05) is 42.5 Å². The molecule has 0 saturated heterocycles. The molecule has 1 amide bonds. The number of amides is 1. The van der Waals surface area contributed by atoms with Gasteiger partial charge in [-0.05, 0) is 29.7 Å². The van der Waals surface area contributed by atoms with Crippen molar-refractivity contribution in [2.24, 2.45) is 5.92 Å². The van der Waals surface area contributed by atoms with Gasteiger partial charge in [0.2, 0.25) is 0 Å². The Morgan fingerprint density at radius 1 is 1.18 bits per heavy atom. The number of halogens is 1. The molecule has 116 valence electrons. The molecule has 1 N–H and O–H groups in total. The van der Waals surface area contributed by atoms with Crippen LogP contribution in [0.1, 0.15) is 29.8 Å². The van der Waals surface area contributed by atoms with Crippen LogP contribution in [-0.2, 0) is 6.54 Å². The molecule has 2 rings (SSSR count). The summed E-state index contributed by atoms with van der Waals surface area (Å²) in [6.45, 7) is 5.23. The van der Waals surface area contributed by atoms with E-state index in [0.717, 1.165) is 10.0 Å². The van der Waals surface area contributed by atoms with Crippen LogP contribution in [0.4, 0.5) is 0 Å². The Balaban J connectivity index is 2.08. The fourth-order valence-corrected chi connectivity index (χ4v) is 2.30. The first-order chi connectivity index (χ1) is 10.6. The Hall–Kier alpha value is -1.81. The van der Waals surface area contributed by atoms with Gasteiger partial charge in [0.25, 0.3) is 5.91 Å². The molecule has 0 spiro atoms. The summed E-state index contributed by atoms with van der Waals surface area (Å²) in [5, 5.41) is 2.93. The predicted molar refractivity (Wildman–Crippen MR) is 92.1 cm³/mol. The minimum Gasteiger partial charge on any atom is -0.492 e. The smallest absolute Gasteiger partial charge is 0.255 e. The summed E-state index contributed by atoms with van der Waals surface area (Å²) in [5.41, 5.74) is 1.61.